The maximum absolute atomic E-state index is 11.9. The molecule has 1 aromatic carbocycles. The summed E-state index contributed by atoms with van der Waals surface area (Å²) in [5.41, 5.74) is 0.986. The highest BCUT2D eigenvalue weighted by molar-refractivity contribution is 5.78. The van der Waals surface area contributed by atoms with Crippen molar-refractivity contribution >= 4 is 5.91 Å². The number of carbonyl (C=O) groups is 1. The van der Waals surface area contributed by atoms with Gasteiger partial charge in [0.05, 0.1) is 26.2 Å². The molecule has 0 saturated heterocycles. The molecule has 1 N–H and O–H groups in total. The summed E-state index contributed by atoms with van der Waals surface area (Å²) in [5, 5.41) is 2.92. The van der Waals surface area contributed by atoms with Crippen molar-refractivity contribution in [3.63, 3.8) is 0 Å². The molecule has 0 aromatic heterocycles. The number of benzene rings is 1. The Morgan fingerprint density at radius 2 is 1.95 bits per heavy atom. The van der Waals surface area contributed by atoms with Crippen LogP contribution in [0.4, 0.5) is 0 Å². The summed E-state index contributed by atoms with van der Waals surface area (Å²) >= 11 is 0. The lowest BCUT2D eigenvalue weighted by atomic mass is 9.88. The number of carbonyl (C=O) groups excluding carboxylic acids is 1. The van der Waals surface area contributed by atoms with E-state index in [1.807, 2.05) is 24.3 Å². The second-order valence-corrected chi connectivity index (χ2v) is 6.05. The fraction of sp³-hybridized carbons (Fsp3) is 0.611. The van der Waals surface area contributed by atoms with Gasteiger partial charge in [0.25, 0.3) is 0 Å². The van der Waals surface area contributed by atoms with Gasteiger partial charge in [-0.2, -0.15) is 0 Å². The number of ether oxygens (including phenoxy) is 2. The highest BCUT2D eigenvalue weighted by Crippen LogP contribution is 2.25. The monoisotopic (exact) mass is 305 g/mol. The number of methoxy groups -OCH3 is 1. The van der Waals surface area contributed by atoms with E-state index in [0.29, 0.717) is 31.6 Å². The summed E-state index contributed by atoms with van der Waals surface area (Å²) in [6, 6.07) is 7.57. The first kappa shape index (κ1) is 16.8. The van der Waals surface area contributed by atoms with Gasteiger partial charge in [-0.05, 0) is 36.5 Å². The Morgan fingerprint density at radius 1 is 1.23 bits per heavy atom. The van der Waals surface area contributed by atoms with Crippen LogP contribution in [-0.4, -0.2) is 32.3 Å². The van der Waals surface area contributed by atoms with Gasteiger partial charge in [-0.25, -0.2) is 0 Å². The van der Waals surface area contributed by atoms with Crippen molar-refractivity contribution in [2.75, 3.05) is 20.3 Å². The first-order valence-corrected chi connectivity index (χ1v) is 8.20. The number of hydrogen-bond acceptors (Lipinski definition) is 3. The van der Waals surface area contributed by atoms with Gasteiger partial charge in [0, 0.05) is 6.54 Å². The minimum absolute atomic E-state index is 0.0328. The number of rotatable bonds is 7. The number of amides is 1. The summed E-state index contributed by atoms with van der Waals surface area (Å²) in [7, 11) is 1.63. The van der Waals surface area contributed by atoms with Crippen LogP contribution in [0.2, 0.25) is 0 Å². The molecule has 0 aliphatic heterocycles. The molecule has 1 amide bonds. The largest absolute Gasteiger partial charge is 0.497 e. The molecule has 0 bridgehead atoms. The molecule has 0 unspecified atom stereocenters. The zero-order valence-corrected chi connectivity index (χ0v) is 13.6. The quantitative estimate of drug-likeness (QED) is 0.788. The Kier molecular flexibility index (Phi) is 6.72. The predicted molar refractivity (Wildman–Crippen MR) is 87.1 cm³/mol. The number of nitrogens with one attached hydrogen (secondary N) is 1. The van der Waals surface area contributed by atoms with Crippen molar-refractivity contribution in [1.29, 1.82) is 0 Å². The van der Waals surface area contributed by atoms with Crippen molar-refractivity contribution in [3.8, 4) is 5.75 Å². The molecular formula is C18H27NO3. The molecule has 0 heterocycles. The van der Waals surface area contributed by atoms with Crippen LogP contribution in [0.1, 0.15) is 38.2 Å². The third-order valence-corrected chi connectivity index (χ3v) is 4.31. The molecule has 1 fully saturated rings. The van der Waals surface area contributed by atoms with Crippen molar-refractivity contribution < 1.29 is 14.3 Å². The van der Waals surface area contributed by atoms with Crippen LogP contribution < -0.4 is 10.1 Å². The lowest BCUT2D eigenvalue weighted by molar-refractivity contribution is -0.120. The van der Waals surface area contributed by atoms with E-state index in [1.54, 1.807) is 7.11 Å². The third-order valence-electron chi connectivity index (χ3n) is 4.31. The summed E-state index contributed by atoms with van der Waals surface area (Å²) in [5.74, 6) is 1.48. The van der Waals surface area contributed by atoms with Gasteiger partial charge in [0.15, 0.2) is 0 Å². The highest BCUT2D eigenvalue weighted by Gasteiger charge is 2.21. The van der Waals surface area contributed by atoms with Gasteiger partial charge in [0.2, 0.25) is 5.91 Å². The molecular weight excluding hydrogens is 278 g/mol. The maximum atomic E-state index is 11.9. The molecule has 1 saturated carbocycles. The van der Waals surface area contributed by atoms with E-state index in [9.17, 15) is 4.79 Å². The van der Waals surface area contributed by atoms with E-state index in [-0.39, 0.29) is 5.91 Å². The Morgan fingerprint density at radius 3 is 2.64 bits per heavy atom. The molecule has 0 radical (unpaired) electrons. The van der Waals surface area contributed by atoms with Gasteiger partial charge < -0.3 is 14.8 Å². The molecule has 1 aromatic rings. The lowest BCUT2D eigenvalue weighted by Gasteiger charge is -2.28. The van der Waals surface area contributed by atoms with Crippen LogP contribution in [0.15, 0.2) is 24.3 Å². The molecule has 122 valence electrons. The molecule has 4 heteroatoms. The second kappa shape index (κ2) is 8.79. The SMILES string of the molecule is COc1ccc(CC(=O)NCCO[C@H]2CCCC[C@@H]2C)cc1. The molecule has 22 heavy (non-hydrogen) atoms. The highest BCUT2D eigenvalue weighted by atomic mass is 16.5. The van der Waals surface area contributed by atoms with Crippen LogP contribution in [0.25, 0.3) is 0 Å². The Labute approximate surface area is 133 Å². The van der Waals surface area contributed by atoms with Gasteiger partial charge in [-0.15, -0.1) is 0 Å². The van der Waals surface area contributed by atoms with E-state index in [4.69, 9.17) is 9.47 Å². The van der Waals surface area contributed by atoms with Crippen molar-refractivity contribution in [1.82, 2.24) is 5.32 Å². The van der Waals surface area contributed by atoms with E-state index < -0.39 is 0 Å². The topological polar surface area (TPSA) is 47.6 Å². The minimum Gasteiger partial charge on any atom is -0.497 e. The summed E-state index contributed by atoms with van der Waals surface area (Å²) < 4.78 is 11.0. The van der Waals surface area contributed by atoms with Crippen molar-refractivity contribution in [2.24, 2.45) is 5.92 Å². The first-order chi connectivity index (χ1) is 10.7. The predicted octanol–water partition coefficient (Wildman–Crippen LogP) is 2.95. The average molecular weight is 305 g/mol. The van der Waals surface area contributed by atoms with Crippen LogP contribution in [0, 0.1) is 5.92 Å². The molecule has 2 atom stereocenters. The van der Waals surface area contributed by atoms with Crippen LogP contribution >= 0.6 is 0 Å². The molecule has 4 nitrogen and oxygen atoms in total. The Hall–Kier alpha value is -1.55. The Balaban J connectivity index is 1.62. The van der Waals surface area contributed by atoms with E-state index in [2.05, 4.69) is 12.2 Å². The molecule has 0 spiro atoms. The first-order valence-electron chi connectivity index (χ1n) is 8.20. The second-order valence-electron chi connectivity index (χ2n) is 6.05. The normalized spacial score (nSPS) is 21.4. The average Bonchev–Trinajstić information content (AvgIpc) is 2.54. The van der Waals surface area contributed by atoms with E-state index >= 15 is 0 Å². The fourth-order valence-electron chi connectivity index (χ4n) is 2.92. The maximum Gasteiger partial charge on any atom is 0.224 e. The van der Waals surface area contributed by atoms with Crippen LogP contribution in [-0.2, 0) is 16.0 Å². The zero-order chi connectivity index (χ0) is 15.8. The molecule has 1 aliphatic carbocycles. The summed E-state index contributed by atoms with van der Waals surface area (Å²) in [4.78, 5) is 11.9. The van der Waals surface area contributed by atoms with Gasteiger partial charge in [-0.3, -0.25) is 4.79 Å². The third kappa shape index (κ3) is 5.34. The van der Waals surface area contributed by atoms with Gasteiger partial charge >= 0.3 is 0 Å². The van der Waals surface area contributed by atoms with Gasteiger partial charge in [-0.1, -0.05) is 31.9 Å². The van der Waals surface area contributed by atoms with Gasteiger partial charge in [0.1, 0.15) is 5.75 Å². The standard InChI is InChI=1S/C18H27NO3/c1-14-5-3-4-6-17(14)22-12-11-19-18(20)13-15-7-9-16(21-2)10-8-15/h7-10,14,17H,3-6,11-13H2,1-2H3,(H,19,20)/t14-,17-/m0/s1. The van der Waals surface area contributed by atoms with Crippen molar-refractivity contribution in [3.05, 3.63) is 29.8 Å². The smallest absolute Gasteiger partial charge is 0.224 e. The molecule has 1 aliphatic rings. The summed E-state index contributed by atoms with van der Waals surface area (Å²) in [6.45, 7) is 3.44. The fourth-order valence-corrected chi connectivity index (χ4v) is 2.92. The van der Waals surface area contributed by atoms with Crippen LogP contribution in [0.5, 0.6) is 5.75 Å². The molecule has 2 rings (SSSR count). The Bertz CT molecular complexity index is 458. The number of hydrogen-bond donors (Lipinski definition) is 1. The lowest BCUT2D eigenvalue weighted by Crippen LogP contribution is -2.32. The van der Waals surface area contributed by atoms with E-state index in [0.717, 1.165) is 17.7 Å². The minimum atomic E-state index is 0.0328. The van der Waals surface area contributed by atoms with E-state index in [1.165, 1.54) is 19.3 Å². The summed E-state index contributed by atoms with van der Waals surface area (Å²) in [6.07, 6.45) is 5.75. The van der Waals surface area contributed by atoms with Crippen LogP contribution in [0.3, 0.4) is 0 Å². The zero-order valence-electron chi connectivity index (χ0n) is 13.6. The van der Waals surface area contributed by atoms with Crippen molar-refractivity contribution in [2.45, 2.75) is 45.1 Å².